The molecular formula is C8H11N3. The molecule has 0 saturated heterocycles. The first-order valence-corrected chi connectivity index (χ1v) is 3.26. The van der Waals surface area contributed by atoms with Crippen molar-refractivity contribution in [3.05, 3.63) is 35.6 Å². The van der Waals surface area contributed by atoms with E-state index >= 15 is 0 Å². The van der Waals surface area contributed by atoms with Crippen LogP contribution >= 0.6 is 0 Å². The predicted molar refractivity (Wildman–Crippen MR) is 47.2 cm³/mol. The highest BCUT2D eigenvalue weighted by Gasteiger charge is 1.88. The van der Waals surface area contributed by atoms with Crippen LogP contribution in [-0.2, 0) is 0 Å². The minimum Gasteiger partial charge on any atom is -0.399 e. The maximum Gasteiger partial charge on any atom is 0.0939 e. The summed E-state index contributed by atoms with van der Waals surface area (Å²) in [5, 5.41) is 0. The van der Waals surface area contributed by atoms with Crippen molar-refractivity contribution >= 4 is 11.8 Å². The van der Waals surface area contributed by atoms with Gasteiger partial charge >= 0.3 is 0 Å². The maximum absolute atomic E-state index is 5.52. The van der Waals surface area contributed by atoms with Crippen LogP contribution in [0.5, 0.6) is 0 Å². The van der Waals surface area contributed by atoms with Crippen LogP contribution < -0.4 is 17.2 Å². The SMILES string of the molecule is NC(N)=Cc1cccc(N)c1. The number of benzene rings is 1. The second kappa shape index (κ2) is 2.96. The van der Waals surface area contributed by atoms with Gasteiger partial charge in [-0.15, -0.1) is 0 Å². The van der Waals surface area contributed by atoms with Crippen LogP contribution in [0, 0.1) is 0 Å². The number of hydrogen-bond donors (Lipinski definition) is 3. The van der Waals surface area contributed by atoms with Gasteiger partial charge < -0.3 is 17.2 Å². The molecule has 0 aliphatic rings. The molecule has 3 nitrogen and oxygen atoms in total. The Morgan fingerprint density at radius 1 is 1.27 bits per heavy atom. The first-order valence-electron chi connectivity index (χ1n) is 3.26. The van der Waals surface area contributed by atoms with E-state index in [1.807, 2.05) is 18.2 Å². The fraction of sp³-hybridized carbons (Fsp3) is 0. The number of nitrogen functional groups attached to an aromatic ring is 1. The van der Waals surface area contributed by atoms with Crippen molar-refractivity contribution in [2.45, 2.75) is 0 Å². The molecule has 0 spiro atoms. The Labute approximate surface area is 65.5 Å². The Hall–Kier alpha value is -1.64. The molecule has 1 rings (SSSR count). The van der Waals surface area contributed by atoms with Gasteiger partial charge in [-0.25, -0.2) is 0 Å². The van der Waals surface area contributed by atoms with Gasteiger partial charge in [0, 0.05) is 5.69 Å². The third-order valence-electron chi connectivity index (χ3n) is 1.24. The minimum absolute atomic E-state index is 0.288. The molecule has 0 aromatic heterocycles. The summed E-state index contributed by atoms with van der Waals surface area (Å²) < 4.78 is 0. The average Bonchev–Trinajstić information content (AvgIpc) is 1.85. The zero-order valence-electron chi connectivity index (χ0n) is 6.12. The van der Waals surface area contributed by atoms with E-state index < -0.39 is 0 Å². The van der Waals surface area contributed by atoms with E-state index in [1.54, 1.807) is 12.1 Å². The first-order chi connectivity index (χ1) is 5.18. The molecule has 11 heavy (non-hydrogen) atoms. The van der Waals surface area contributed by atoms with E-state index in [1.165, 1.54) is 0 Å². The van der Waals surface area contributed by atoms with Gasteiger partial charge in [-0.1, -0.05) is 12.1 Å². The van der Waals surface area contributed by atoms with Gasteiger partial charge in [0.2, 0.25) is 0 Å². The molecule has 3 heteroatoms. The molecule has 0 aliphatic carbocycles. The van der Waals surface area contributed by atoms with E-state index in [0.717, 1.165) is 5.56 Å². The van der Waals surface area contributed by atoms with Gasteiger partial charge in [0.15, 0.2) is 0 Å². The topological polar surface area (TPSA) is 78.1 Å². The van der Waals surface area contributed by atoms with Crippen molar-refractivity contribution in [2.75, 3.05) is 5.73 Å². The molecule has 0 fully saturated rings. The molecule has 0 bridgehead atoms. The van der Waals surface area contributed by atoms with E-state index in [4.69, 9.17) is 17.2 Å². The molecule has 0 aliphatic heterocycles. The number of hydrogen-bond acceptors (Lipinski definition) is 3. The second-order valence-corrected chi connectivity index (χ2v) is 2.31. The molecular weight excluding hydrogens is 138 g/mol. The normalized spacial score (nSPS) is 9.09. The summed E-state index contributed by atoms with van der Waals surface area (Å²) in [4.78, 5) is 0. The van der Waals surface area contributed by atoms with Crippen molar-refractivity contribution in [3.63, 3.8) is 0 Å². The van der Waals surface area contributed by atoms with Crippen LogP contribution in [0.4, 0.5) is 5.69 Å². The molecule has 0 unspecified atom stereocenters. The van der Waals surface area contributed by atoms with Gasteiger partial charge in [0.25, 0.3) is 0 Å². The summed E-state index contributed by atoms with van der Waals surface area (Å²) in [6.07, 6.45) is 1.66. The molecule has 58 valence electrons. The summed E-state index contributed by atoms with van der Waals surface area (Å²) in [6.45, 7) is 0. The summed E-state index contributed by atoms with van der Waals surface area (Å²) in [6, 6.07) is 7.35. The lowest BCUT2D eigenvalue weighted by Crippen LogP contribution is -2.06. The van der Waals surface area contributed by atoms with Gasteiger partial charge in [-0.05, 0) is 23.8 Å². The summed E-state index contributed by atoms with van der Waals surface area (Å²) in [5.74, 6) is 0.288. The average molecular weight is 149 g/mol. The largest absolute Gasteiger partial charge is 0.399 e. The van der Waals surface area contributed by atoms with Crippen LogP contribution in [-0.4, -0.2) is 0 Å². The highest BCUT2D eigenvalue weighted by molar-refractivity contribution is 5.56. The summed E-state index contributed by atoms with van der Waals surface area (Å²) >= 11 is 0. The quantitative estimate of drug-likeness (QED) is 0.508. The molecule has 0 heterocycles. The lowest BCUT2D eigenvalue weighted by molar-refractivity contribution is 1.27. The Morgan fingerprint density at radius 2 is 2.00 bits per heavy atom. The van der Waals surface area contributed by atoms with Gasteiger partial charge in [-0.2, -0.15) is 0 Å². The molecule has 0 atom stereocenters. The second-order valence-electron chi connectivity index (χ2n) is 2.31. The third-order valence-corrected chi connectivity index (χ3v) is 1.24. The van der Waals surface area contributed by atoms with Crippen LogP contribution in [0.1, 0.15) is 5.56 Å². The Balaban J connectivity index is 2.97. The Bertz CT molecular complexity index is 274. The van der Waals surface area contributed by atoms with Crippen molar-refractivity contribution in [1.82, 2.24) is 0 Å². The predicted octanol–water partition coefficient (Wildman–Crippen LogP) is 0.485. The van der Waals surface area contributed by atoms with Crippen molar-refractivity contribution < 1.29 is 0 Å². The van der Waals surface area contributed by atoms with E-state index in [0.29, 0.717) is 5.69 Å². The van der Waals surface area contributed by atoms with Crippen molar-refractivity contribution in [3.8, 4) is 0 Å². The van der Waals surface area contributed by atoms with E-state index in [-0.39, 0.29) is 5.82 Å². The molecule has 6 N–H and O–H groups in total. The minimum atomic E-state index is 0.288. The zero-order valence-corrected chi connectivity index (χ0v) is 6.12. The van der Waals surface area contributed by atoms with Crippen molar-refractivity contribution in [1.29, 1.82) is 0 Å². The zero-order chi connectivity index (χ0) is 8.27. The monoisotopic (exact) mass is 149 g/mol. The molecule has 0 amide bonds. The Morgan fingerprint density at radius 3 is 2.55 bits per heavy atom. The van der Waals surface area contributed by atoms with Crippen LogP contribution in [0.25, 0.3) is 6.08 Å². The standard InChI is InChI=1S/C8H11N3/c9-7-3-1-2-6(4-7)5-8(10)11/h1-5H,9-11H2. The number of rotatable bonds is 1. The molecule has 1 aromatic carbocycles. The highest BCUT2D eigenvalue weighted by atomic mass is 14.8. The van der Waals surface area contributed by atoms with Crippen molar-refractivity contribution in [2.24, 2.45) is 11.5 Å². The van der Waals surface area contributed by atoms with Gasteiger partial charge in [0.1, 0.15) is 0 Å². The smallest absolute Gasteiger partial charge is 0.0939 e. The highest BCUT2D eigenvalue weighted by Crippen LogP contribution is 2.07. The molecule has 1 aromatic rings. The van der Waals surface area contributed by atoms with Gasteiger partial charge in [-0.3, -0.25) is 0 Å². The van der Waals surface area contributed by atoms with E-state index in [2.05, 4.69) is 0 Å². The third kappa shape index (κ3) is 2.21. The van der Waals surface area contributed by atoms with Crippen LogP contribution in [0.3, 0.4) is 0 Å². The lowest BCUT2D eigenvalue weighted by atomic mass is 10.2. The fourth-order valence-electron chi connectivity index (χ4n) is 0.841. The molecule has 0 radical (unpaired) electrons. The lowest BCUT2D eigenvalue weighted by Gasteiger charge is -1.95. The van der Waals surface area contributed by atoms with E-state index in [9.17, 15) is 0 Å². The van der Waals surface area contributed by atoms with Gasteiger partial charge in [0.05, 0.1) is 5.82 Å². The summed E-state index contributed by atoms with van der Waals surface area (Å²) in [7, 11) is 0. The Kier molecular flexibility index (Phi) is 2.01. The number of anilines is 1. The first kappa shape index (κ1) is 7.47. The number of nitrogens with two attached hydrogens (primary N) is 3. The molecule has 0 saturated carbocycles. The summed E-state index contributed by atoms with van der Waals surface area (Å²) in [5.41, 5.74) is 17.7. The maximum atomic E-state index is 5.52. The fourth-order valence-corrected chi connectivity index (χ4v) is 0.841. The van der Waals surface area contributed by atoms with Crippen LogP contribution in [0.2, 0.25) is 0 Å². The van der Waals surface area contributed by atoms with Crippen LogP contribution in [0.15, 0.2) is 30.1 Å².